The summed E-state index contributed by atoms with van der Waals surface area (Å²) < 4.78 is 13.3. The number of nitrogens with one attached hydrogen (secondary N) is 1. The minimum Gasteiger partial charge on any atom is -0.311 e. The van der Waals surface area contributed by atoms with Crippen molar-refractivity contribution >= 4 is 0 Å². The summed E-state index contributed by atoms with van der Waals surface area (Å²) in [6.07, 6.45) is 2.56. The van der Waals surface area contributed by atoms with Crippen LogP contribution in [0.25, 0.3) is 0 Å². The van der Waals surface area contributed by atoms with Gasteiger partial charge in [-0.05, 0) is 77.0 Å². The minimum absolute atomic E-state index is 0.0356. The average molecular weight is 264 g/mol. The third-order valence-electron chi connectivity index (χ3n) is 4.46. The lowest BCUT2D eigenvalue weighted by atomic mass is 9.85. The highest BCUT2D eigenvalue weighted by molar-refractivity contribution is 5.32. The van der Waals surface area contributed by atoms with Crippen LogP contribution in [-0.2, 0) is 0 Å². The Morgan fingerprint density at radius 2 is 1.89 bits per heavy atom. The van der Waals surface area contributed by atoms with Gasteiger partial charge in [-0.3, -0.25) is 4.90 Å². The maximum Gasteiger partial charge on any atom is 0.123 e. The summed E-state index contributed by atoms with van der Waals surface area (Å²) in [5, 5.41) is 3.43. The van der Waals surface area contributed by atoms with Crippen molar-refractivity contribution in [2.24, 2.45) is 0 Å². The van der Waals surface area contributed by atoms with Crippen LogP contribution in [-0.4, -0.2) is 30.6 Å². The molecule has 2 nitrogen and oxygen atoms in total. The Morgan fingerprint density at radius 3 is 2.42 bits per heavy atom. The largest absolute Gasteiger partial charge is 0.311 e. The van der Waals surface area contributed by atoms with Gasteiger partial charge in [0.1, 0.15) is 5.82 Å². The third-order valence-corrected chi connectivity index (χ3v) is 4.46. The molecule has 1 aliphatic rings. The molecule has 0 saturated carbocycles. The van der Waals surface area contributed by atoms with E-state index in [9.17, 15) is 4.39 Å². The van der Waals surface area contributed by atoms with Gasteiger partial charge in [-0.2, -0.15) is 0 Å². The second kappa shape index (κ2) is 5.59. The summed E-state index contributed by atoms with van der Waals surface area (Å²) in [7, 11) is 1.99. The number of benzene rings is 1. The van der Waals surface area contributed by atoms with Gasteiger partial charge in [0, 0.05) is 5.54 Å². The molecule has 1 aromatic rings. The Balaban J connectivity index is 2.32. The van der Waals surface area contributed by atoms with E-state index >= 15 is 0 Å². The van der Waals surface area contributed by atoms with E-state index in [1.54, 1.807) is 12.1 Å². The fourth-order valence-corrected chi connectivity index (χ4v) is 3.33. The molecule has 2 rings (SSSR count). The molecule has 1 unspecified atom stereocenters. The Morgan fingerprint density at radius 1 is 1.26 bits per heavy atom. The van der Waals surface area contributed by atoms with Crippen LogP contribution in [0.3, 0.4) is 0 Å². The highest BCUT2D eigenvalue weighted by Gasteiger charge is 2.37. The number of hydrogen-bond acceptors (Lipinski definition) is 2. The molecule has 0 aromatic heterocycles. The van der Waals surface area contributed by atoms with Gasteiger partial charge in [-0.25, -0.2) is 4.39 Å². The van der Waals surface area contributed by atoms with Gasteiger partial charge < -0.3 is 5.32 Å². The first-order chi connectivity index (χ1) is 8.96. The molecule has 1 fully saturated rings. The Bertz CT molecular complexity index is 436. The van der Waals surface area contributed by atoms with Gasteiger partial charge in [0.05, 0.1) is 6.04 Å². The number of likely N-dealkylation sites (tertiary alicyclic amines) is 1. The molecule has 0 bridgehead atoms. The van der Waals surface area contributed by atoms with Crippen LogP contribution in [0, 0.1) is 12.7 Å². The van der Waals surface area contributed by atoms with E-state index in [0.717, 1.165) is 18.7 Å². The summed E-state index contributed by atoms with van der Waals surface area (Å²) >= 11 is 0. The number of aryl methyl sites for hydroxylation is 1. The SMILES string of the molecule is CNC(c1ccc(F)cc1C)C(C)(C)N1CCCC1. The van der Waals surface area contributed by atoms with E-state index < -0.39 is 0 Å². The molecule has 19 heavy (non-hydrogen) atoms. The first-order valence-electron chi connectivity index (χ1n) is 7.15. The monoisotopic (exact) mass is 264 g/mol. The lowest BCUT2D eigenvalue weighted by Crippen LogP contribution is -2.51. The standard InChI is InChI=1S/C16H25FN2/c1-12-11-13(17)7-8-14(12)15(18-4)16(2,3)19-9-5-6-10-19/h7-8,11,15,18H,5-6,9-10H2,1-4H3. The van der Waals surface area contributed by atoms with Crippen molar-refractivity contribution in [1.82, 2.24) is 10.2 Å². The highest BCUT2D eigenvalue weighted by atomic mass is 19.1. The molecule has 0 aliphatic carbocycles. The van der Waals surface area contributed by atoms with Crippen LogP contribution in [0.4, 0.5) is 4.39 Å². The lowest BCUT2D eigenvalue weighted by Gasteiger charge is -2.42. The zero-order valence-electron chi connectivity index (χ0n) is 12.5. The van der Waals surface area contributed by atoms with Crippen LogP contribution in [0.1, 0.15) is 43.9 Å². The first kappa shape index (κ1) is 14.5. The number of halogens is 1. The Labute approximate surface area is 116 Å². The van der Waals surface area contributed by atoms with E-state index in [-0.39, 0.29) is 17.4 Å². The quantitative estimate of drug-likeness (QED) is 0.898. The van der Waals surface area contributed by atoms with E-state index in [1.165, 1.54) is 18.4 Å². The molecule has 0 spiro atoms. The zero-order valence-corrected chi connectivity index (χ0v) is 12.5. The van der Waals surface area contributed by atoms with Crippen molar-refractivity contribution in [2.75, 3.05) is 20.1 Å². The van der Waals surface area contributed by atoms with Crippen LogP contribution < -0.4 is 5.32 Å². The van der Waals surface area contributed by atoms with Crippen molar-refractivity contribution in [2.45, 2.75) is 45.2 Å². The molecule has 1 N–H and O–H groups in total. The summed E-state index contributed by atoms with van der Waals surface area (Å²) in [5.74, 6) is -0.157. The maximum atomic E-state index is 13.3. The smallest absolute Gasteiger partial charge is 0.123 e. The van der Waals surface area contributed by atoms with E-state index in [4.69, 9.17) is 0 Å². The second-order valence-electron chi connectivity index (χ2n) is 6.07. The molecule has 0 amide bonds. The van der Waals surface area contributed by atoms with Gasteiger partial charge >= 0.3 is 0 Å². The molecule has 0 radical (unpaired) electrons. The summed E-state index contributed by atoms with van der Waals surface area (Å²) in [4.78, 5) is 2.54. The molecule has 1 saturated heterocycles. The van der Waals surface area contributed by atoms with E-state index in [2.05, 4.69) is 24.1 Å². The maximum absolute atomic E-state index is 13.3. The van der Waals surface area contributed by atoms with Crippen LogP contribution in [0.2, 0.25) is 0 Å². The number of hydrogen-bond donors (Lipinski definition) is 1. The molecular formula is C16H25FN2. The highest BCUT2D eigenvalue weighted by Crippen LogP contribution is 2.34. The fraction of sp³-hybridized carbons (Fsp3) is 0.625. The van der Waals surface area contributed by atoms with Crippen molar-refractivity contribution in [3.05, 3.63) is 35.1 Å². The molecule has 1 aromatic carbocycles. The van der Waals surface area contributed by atoms with Crippen LogP contribution >= 0.6 is 0 Å². The summed E-state index contributed by atoms with van der Waals surface area (Å²) in [6, 6.07) is 5.32. The molecule has 106 valence electrons. The van der Waals surface area contributed by atoms with Crippen LogP contribution in [0.15, 0.2) is 18.2 Å². The van der Waals surface area contributed by atoms with E-state index in [1.807, 2.05) is 20.0 Å². The predicted molar refractivity (Wildman–Crippen MR) is 77.8 cm³/mol. The van der Waals surface area contributed by atoms with Crippen molar-refractivity contribution < 1.29 is 4.39 Å². The third kappa shape index (κ3) is 2.82. The van der Waals surface area contributed by atoms with Gasteiger partial charge in [-0.15, -0.1) is 0 Å². The lowest BCUT2D eigenvalue weighted by molar-refractivity contribution is 0.110. The van der Waals surface area contributed by atoms with Crippen molar-refractivity contribution in [3.8, 4) is 0 Å². The number of rotatable bonds is 4. The molecular weight excluding hydrogens is 239 g/mol. The van der Waals surface area contributed by atoms with Gasteiger partial charge in [0.15, 0.2) is 0 Å². The topological polar surface area (TPSA) is 15.3 Å². The Kier molecular flexibility index (Phi) is 4.26. The van der Waals surface area contributed by atoms with Crippen molar-refractivity contribution in [3.63, 3.8) is 0 Å². The van der Waals surface area contributed by atoms with Gasteiger partial charge in [-0.1, -0.05) is 6.07 Å². The molecule has 1 aliphatic heterocycles. The van der Waals surface area contributed by atoms with Gasteiger partial charge in [0.2, 0.25) is 0 Å². The number of likely N-dealkylation sites (N-methyl/N-ethyl adjacent to an activating group) is 1. The minimum atomic E-state index is -0.157. The zero-order chi connectivity index (χ0) is 14.0. The fourth-order valence-electron chi connectivity index (χ4n) is 3.33. The number of nitrogens with zero attached hydrogens (tertiary/aromatic N) is 1. The molecule has 1 atom stereocenters. The second-order valence-corrected chi connectivity index (χ2v) is 6.07. The average Bonchev–Trinajstić information content (AvgIpc) is 2.87. The Hall–Kier alpha value is -0.930. The summed E-state index contributed by atoms with van der Waals surface area (Å²) in [6.45, 7) is 8.87. The predicted octanol–water partition coefficient (Wildman–Crippen LogP) is 3.27. The molecule has 1 heterocycles. The van der Waals surface area contributed by atoms with Gasteiger partial charge in [0.25, 0.3) is 0 Å². The van der Waals surface area contributed by atoms with E-state index in [0.29, 0.717) is 0 Å². The van der Waals surface area contributed by atoms with Crippen LogP contribution in [0.5, 0.6) is 0 Å². The van der Waals surface area contributed by atoms with Crippen molar-refractivity contribution in [1.29, 1.82) is 0 Å². The normalized spacial score (nSPS) is 18.8. The molecule has 3 heteroatoms. The summed E-state index contributed by atoms with van der Waals surface area (Å²) in [5.41, 5.74) is 2.25. The first-order valence-corrected chi connectivity index (χ1v) is 7.15.